The van der Waals surface area contributed by atoms with E-state index < -0.39 is 14.9 Å². The Balaban J connectivity index is 2.20. The molecule has 2 N–H and O–H groups in total. The lowest BCUT2D eigenvalue weighted by molar-refractivity contribution is -0.384. The summed E-state index contributed by atoms with van der Waals surface area (Å²) in [6.45, 7) is 2.45. The summed E-state index contributed by atoms with van der Waals surface area (Å²) < 4.78 is 27.1. The van der Waals surface area contributed by atoms with Gasteiger partial charge in [0.2, 0.25) is 0 Å². The topological polar surface area (TPSA) is 118 Å². The van der Waals surface area contributed by atoms with Crippen LogP contribution >= 0.6 is 0 Å². The normalized spacial score (nSPS) is 10.9. The molecule has 0 saturated heterocycles. The van der Waals surface area contributed by atoms with Gasteiger partial charge in [0, 0.05) is 29.9 Å². The van der Waals surface area contributed by atoms with E-state index in [0.717, 1.165) is 30.7 Å². The van der Waals surface area contributed by atoms with Gasteiger partial charge in [-0.15, -0.1) is 0 Å². The van der Waals surface area contributed by atoms with Gasteiger partial charge in [0.1, 0.15) is 0 Å². The summed E-state index contributed by atoms with van der Waals surface area (Å²) in [5.74, 6) is -0.293. The van der Waals surface area contributed by atoms with Gasteiger partial charge in [-0.25, -0.2) is 8.42 Å². The van der Waals surface area contributed by atoms with E-state index in [-0.39, 0.29) is 22.2 Å². The molecule has 8 nitrogen and oxygen atoms in total. The van der Waals surface area contributed by atoms with E-state index in [1.54, 1.807) is 12.1 Å². The number of rotatable bonds is 7. The van der Waals surface area contributed by atoms with E-state index in [1.807, 2.05) is 6.92 Å². The van der Waals surface area contributed by atoms with E-state index >= 15 is 0 Å². The van der Waals surface area contributed by atoms with Crippen molar-refractivity contribution >= 4 is 27.3 Å². The van der Waals surface area contributed by atoms with Crippen molar-refractivity contribution in [1.29, 1.82) is 0 Å². The van der Waals surface area contributed by atoms with Crippen LogP contribution in [-0.4, -0.2) is 25.8 Å². The molecule has 0 unspecified atom stereocenters. The summed E-state index contributed by atoms with van der Waals surface area (Å²) in [6.07, 6.45) is 0.790. The molecular formula is C16H17N3O5S. The maximum Gasteiger partial charge on any atom is 0.269 e. The molecule has 0 atom stereocenters. The number of hydrogen-bond donors (Lipinski definition) is 2. The Bertz CT molecular complexity index is 879. The standard InChI is InChI=1S/C16H17N3O5S/c1-2-10-17-16(20)12-4-3-5-13(11-12)18-25(23,24)15-8-6-14(7-9-15)19(21)22/h3-9,11,18H,2,10H2,1H3,(H,17,20). The fraction of sp³-hybridized carbons (Fsp3) is 0.188. The second-order valence-electron chi connectivity index (χ2n) is 5.19. The summed E-state index contributed by atoms with van der Waals surface area (Å²) in [5.41, 5.74) is 0.355. The summed E-state index contributed by atoms with van der Waals surface area (Å²) >= 11 is 0. The summed E-state index contributed by atoms with van der Waals surface area (Å²) in [4.78, 5) is 21.9. The summed E-state index contributed by atoms with van der Waals surface area (Å²) in [6, 6.07) is 10.6. The average Bonchev–Trinajstić information content (AvgIpc) is 2.59. The van der Waals surface area contributed by atoms with E-state index in [9.17, 15) is 23.3 Å². The number of carbonyl (C=O) groups is 1. The van der Waals surface area contributed by atoms with Gasteiger partial charge in [-0.05, 0) is 36.8 Å². The first-order valence-electron chi connectivity index (χ1n) is 7.49. The number of amides is 1. The largest absolute Gasteiger partial charge is 0.352 e. The van der Waals surface area contributed by atoms with Crippen molar-refractivity contribution in [2.75, 3.05) is 11.3 Å². The zero-order valence-electron chi connectivity index (χ0n) is 13.4. The molecule has 0 aromatic heterocycles. The predicted molar refractivity (Wildman–Crippen MR) is 93.0 cm³/mol. The highest BCUT2D eigenvalue weighted by Crippen LogP contribution is 2.20. The Labute approximate surface area is 145 Å². The maximum atomic E-state index is 12.4. The van der Waals surface area contributed by atoms with Gasteiger partial charge in [-0.2, -0.15) is 0 Å². The Kier molecular flexibility index (Phi) is 5.71. The second kappa shape index (κ2) is 7.75. The number of non-ortho nitro benzene ring substituents is 1. The second-order valence-corrected chi connectivity index (χ2v) is 6.88. The average molecular weight is 363 g/mol. The van der Waals surface area contributed by atoms with Gasteiger partial charge in [-0.1, -0.05) is 13.0 Å². The number of nitro groups is 1. The molecule has 2 aromatic carbocycles. The minimum Gasteiger partial charge on any atom is -0.352 e. The van der Waals surface area contributed by atoms with Crippen molar-refractivity contribution in [3.8, 4) is 0 Å². The van der Waals surface area contributed by atoms with Crippen LogP contribution in [0.4, 0.5) is 11.4 Å². The van der Waals surface area contributed by atoms with Crippen LogP contribution in [0.25, 0.3) is 0 Å². The fourth-order valence-electron chi connectivity index (χ4n) is 2.03. The molecule has 0 spiro atoms. The lowest BCUT2D eigenvalue weighted by Crippen LogP contribution is -2.24. The quantitative estimate of drug-likeness (QED) is 0.579. The minimum atomic E-state index is -3.92. The first-order valence-corrected chi connectivity index (χ1v) is 8.97. The molecule has 0 bridgehead atoms. The minimum absolute atomic E-state index is 0.112. The van der Waals surface area contributed by atoms with Crippen LogP contribution in [0.1, 0.15) is 23.7 Å². The van der Waals surface area contributed by atoms with Gasteiger partial charge >= 0.3 is 0 Å². The Morgan fingerprint density at radius 2 is 1.84 bits per heavy atom. The molecule has 2 rings (SSSR count). The number of sulfonamides is 1. The molecule has 132 valence electrons. The predicted octanol–water partition coefficient (Wildman–Crippen LogP) is 2.54. The third kappa shape index (κ3) is 4.77. The summed E-state index contributed by atoms with van der Waals surface area (Å²) in [5, 5.41) is 13.3. The highest BCUT2D eigenvalue weighted by molar-refractivity contribution is 7.92. The van der Waals surface area contributed by atoms with Crippen LogP contribution in [-0.2, 0) is 10.0 Å². The Morgan fingerprint density at radius 3 is 2.44 bits per heavy atom. The lowest BCUT2D eigenvalue weighted by atomic mass is 10.2. The van der Waals surface area contributed by atoms with Crippen LogP contribution in [0.15, 0.2) is 53.4 Å². The first-order chi connectivity index (χ1) is 11.8. The molecule has 0 heterocycles. The molecule has 25 heavy (non-hydrogen) atoms. The van der Waals surface area contributed by atoms with Crippen molar-refractivity contribution in [2.24, 2.45) is 0 Å². The molecule has 0 saturated carbocycles. The van der Waals surface area contributed by atoms with Crippen molar-refractivity contribution in [2.45, 2.75) is 18.2 Å². The summed E-state index contributed by atoms with van der Waals surface area (Å²) in [7, 11) is -3.92. The number of nitrogens with one attached hydrogen (secondary N) is 2. The Morgan fingerprint density at radius 1 is 1.16 bits per heavy atom. The van der Waals surface area contributed by atoms with E-state index in [2.05, 4.69) is 10.0 Å². The van der Waals surface area contributed by atoms with Crippen LogP contribution in [0.5, 0.6) is 0 Å². The molecule has 0 radical (unpaired) electrons. The number of benzene rings is 2. The third-order valence-electron chi connectivity index (χ3n) is 3.27. The van der Waals surface area contributed by atoms with Crippen LogP contribution in [0, 0.1) is 10.1 Å². The number of carbonyl (C=O) groups excluding carboxylic acids is 1. The zero-order valence-corrected chi connectivity index (χ0v) is 14.2. The van der Waals surface area contributed by atoms with E-state index in [1.165, 1.54) is 12.1 Å². The molecule has 1 amide bonds. The van der Waals surface area contributed by atoms with Crippen molar-refractivity contribution in [1.82, 2.24) is 5.32 Å². The van der Waals surface area contributed by atoms with Gasteiger partial charge < -0.3 is 5.32 Å². The molecule has 0 aliphatic carbocycles. The van der Waals surface area contributed by atoms with Gasteiger partial charge in [0.05, 0.1) is 9.82 Å². The third-order valence-corrected chi connectivity index (χ3v) is 4.67. The van der Waals surface area contributed by atoms with Gasteiger partial charge in [-0.3, -0.25) is 19.6 Å². The highest BCUT2D eigenvalue weighted by atomic mass is 32.2. The molecule has 0 fully saturated rings. The molecule has 2 aromatic rings. The highest BCUT2D eigenvalue weighted by Gasteiger charge is 2.16. The van der Waals surface area contributed by atoms with Crippen LogP contribution in [0.3, 0.4) is 0 Å². The monoisotopic (exact) mass is 363 g/mol. The SMILES string of the molecule is CCCNC(=O)c1cccc(NS(=O)(=O)c2ccc([N+](=O)[O-])cc2)c1. The fourth-order valence-corrected chi connectivity index (χ4v) is 3.08. The number of hydrogen-bond acceptors (Lipinski definition) is 5. The van der Waals surface area contributed by atoms with Crippen molar-refractivity contribution < 1.29 is 18.1 Å². The molecule has 9 heteroatoms. The molecule has 0 aliphatic heterocycles. The van der Waals surface area contributed by atoms with Gasteiger partial charge in [0.25, 0.3) is 21.6 Å². The maximum absolute atomic E-state index is 12.4. The van der Waals surface area contributed by atoms with Crippen LogP contribution < -0.4 is 10.0 Å². The lowest BCUT2D eigenvalue weighted by Gasteiger charge is -2.10. The van der Waals surface area contributed by atoms with E-state index in [0.29, 0.717) is 12.1 Å². The molecular weight excluding hydrogens is 346 g/mol. The van der Waals surface area contributed by atoms with Crippen molar-refractivity contribution in [3.63, 3.8) is 0 Å². The van der Waals surface area contributed by atoms with Gasteiger partial charge in [0.15, 0.2) is 0 Å². The first kappa shape index (κ1) is 18.4. The number of anilines is 1. The van der Waals surface area contributed by atoms with Crippen LogP contribution in [0.2, 0.25) is 0 Å². The van der Waals surface area contributed by atoms with E-state index in [4.69, 9.17) is 0 Å². The number of nitro benzene ring substituents is 1. The smallest absolute Gasteiger partial charge is 0.269 e. The zero-order chi connectivity index (χ0) is 18.4. The Hall–Kier alpha value is -2.94. The molecule has 0 aliphatic rings. The van der Waals surface area contributed by atoms with Crippen molar-refractivity contribution in [3.05, 3.63) is 64.2 Å². The number of nitrogens with zero attached hydrogens (tertiary/aromatic N) is 1.